The SMILES string of the molecule is CCOC(=O)[C@H](CC1CCCS1)NC(=O)[C@@H](N)CC(C)C. The van der Waals surface area contributed by atoms with Gasteiger partial charge in [0.15, 0.2) is 0 Å². The Bertz CT molecular complexity index is 344. The van der Waals surface area contributed by atoms with Crippen molar-refractivity contribution in [3.63, 3.8) is 0 Å². The van der Waals surface area contributed by atoms with E-state index < -0.39 is 12.1 Å². The normalized spacial score (nSPS) is 21.1. The molecule has 122 valence electrons. The van der Waals surface area contributed by atoms with Crippen LogP contribution in [0.4, 0.5) is 0 Å². The molecule has 3 atom stereocenters. The largest absolute Gasteiger partial charge is 0.464 e. The second kappa shape index (κ2) is 9.30. The van der Waals surface area contributed by atoms with E-state index in [0.717, 1.165) is 12.2 Å². The molecule has 1 saturated heterocycles. The van der Waals surface area contributed by atoms with Gasteiger partial charge in [-0.3, -0.25) is 4.79 Å². The lowest BCUT2D eigenvalue weighted by Crippen LogP contribution is -2.50. The van der Waals surface area contributed by atoms with Gasteiger partial charge in [-0.25, -0.2) is 4.79 Å². The van der Waals surface area contributed by atoms with Crippen LogP contribution >= 0.6 is 11.8 Å². The van der Waals surface area contributed by atoms with Crippen molar-refractivity contribution in [3.05, 3.63) is 0 Å². The number of hydrogen-bond acceptors (Lipinski definition) is 5. The van der Waals surface area contributed by atoms with Crippen LogP contribution in [-0.4, -0.2) is 41.6 Å². The Morgan fingerprint density at radius 1 is 1.43 bits per heavy atom. The minimum atomic E-state index is -0.578. The molecule has 0 saturated carbocycles. The standard InChI is InChI=1S/C15H28N2O3S/c1-4-20-15(19)13(9-11-6-5-7-21-11)17-14(18)12(16)8-10(2)3/h10-13H,4-9,16H2,1-3H3,(H,17,18)/t11?,12-,13-/m0/s1. The minimum absolute atomic E-state index is 0.259. The van der Waals surface area contributed by atoms with E-state index in [2.05, 4.69) is 5.32 Å². The van der Waals surface area contributed by atoms with Gasteiger partial charge in [0.2, 0.25) is 5.91 Å². The van der Waals surface area contributed by atoms with E-state index in [1.807, 2.05) is 25.6 Å². The molecule has 1 rings (SSSR count). The Hall–Kier alpha value is -0.750. The average Bonchev–Trinajstić information content (AvgIpc) is 2.90. The summed E-state index contributed by atoms with van der Waals surface area (Å²) in [6.07, 6.45) is 3.50. The van der Waals surface area contributed by atoms with E-state index in [0.29, 0.717) is 30.6 Å². The van der Waals surface area contributed by atoms with Crippen molar-refractivity contribution in [1.29, 1.82) is 0 Å². The monoisotopic (exact) mass is 316 g/mol. The fraction of sp³-hybridized carbons (Fsp3) is 0.867. The van der Waals surface area contributed by atoms with Gasteiger partial charge in [0, 0.05) is 5.25 Å². The highest BCUT2D eigenvalue weighted by atomic mass is 32.2. The van der Waals surface area contributed by atoms with E-state index >= 15 is 0 Å². The van der Waals surface area contributed by atoms with E-state index in [9.17, 15) is 9.59 Å². The van der Waals surface area contributed by atoms with E-state index in [1.54, 1.807) is 6.92 Å². The summed E-state index contributed by atoms with van der Waals surface area (Å²) in [5.74, 6) is 0.859. The van der Waals surface area contributed by atoms with Crippen molar-refractivity contribution >= 4 is 23.6 Å². The Balaban J connectivity index is 2.58. The maximum absolute atomic E-state index is 12.1. The second-order valence-electron chi connectivity index (χ2n) is 5.92. The molecule has 0 radical (unpaired) electrons. The number of hydrogen-bond donors (Lipinski definition) is 2. The van der Waals surface area contributed by atoms with Crippen molar-refractivity contribution in [1.82, 2.24) is 5.32 Å². The zero-order chi connectivity index (χ0) is 15.8. The number of esters is 1. The molecule has 3 N–H and O–H groups in total. The minimum Gasteiger partial charge on any atom is -0.464 e. The molecule has 1 aliphatic rings. The van der Waals surface area contributed by atoms with Crippen LogP contribution in [0, 0.1) is 5.92 Å². The summed E-state index contributed by atoms with van der Waals surface area (Å²) < 4.78 is 5.07. The van der Waals surface area contributed by atoms with Gasteiger partial charge in [0.25, 0.3) is 0 Å². The predicted octanol–water partition coefficient (Wildman–Crippen LogP) is 1.69. The van der Waals surface area contributed by atoms with Gasteiger partial charge in [-0.05, 0) is 44.3 Å². The Labute approximate surface area is 131 Å². The maximum Gasteiger partial charge on any atom is 0.328 e. The number of carbonyl (C=O) groups is 2. The number of ether oxygens (including phenoxy) is 1. The van der Waals surface area contributed by atoms with Crippen molar-refractivity contribution in [2.45, 2.75) is 63.8 Å². The highest BCUT2D eigenvalue weighted by Crippen LogP contribution is 2.29. The summed E-state index contributed by atoms with van der Waals surface area (Å²) in [7, 11) is 0. The Morgan fingerprint density at radius 2 is 2.14 bits per heavy atom. The van der Waals surface area contributed by atoms with Gasteiger partial charge in [-0.15, -0.1) is 0 Å². The lowest BCUT2D eigenvalue weighted by molar-refractivity contribution is -0.147. The molecule has 1 fully saturated rings. The van der Waals surface area contributed by atoms with Crippen LogP contribution in [0.25, 0.3) is 0 Å². The number of nitrogens with two attached hydrogens (primary N) is 1. The molecule has 1 unspecified atom stereocenters. The van der Waals surface area contributed by atoms with E-state index in [1.165, 1.54) is 6.42 Å². The van der Waals surface area contributed by atoms with Crippen molar-refractivity contribution < 1.29 is 14.3 Å². The first kappa shape index (κ1) is 18.3. The molecular formula is C15H28N2O3S. The summed E-state index contributed by atoms with van der Waals surface area (Å²) in [5, 5.41) is 3.20. The quantitative estimate of drug-likeness (QED) is 0.666. The third kappa shape index (κ3) is 6.70. The van der Waals surface area contributed by atoms with Crippen molar-refractivity contribution in [2.24, 2.45) is 11.7 Å². The summed E-state index contributed by atoms with van der Waals surface area (Å²) in [4.78, 5) is 24.1. The Kier molecular flexibility index (Phi) is 8.11. The van der Waals surface area contributed by atoms with Crippen molar-refractivity contribution in [2.75, 3.05) is 12.4 Å². The van der Waals surface area contributed by atoms with Crippen LogP contribution in [0.1, 0.15) is 46.5 Å². The maximum atomic E-state index is 12.1. The molecular weight excluding hydrogens is 288 g/mol. The predicted molar refractivity (Wildman–Crippen MR) is 86.1 cm³/mol. The molecule has 1 amide bonds. The zero-order valence-corrected chi connectivity index (χ0v) is 14.1. The number of thioether (sulfide) groups is 1. The van der Waals surface area contributed by atoms with Crippen LogP contribution in [0.5, 0.6) is 0 Å². The number of amides is 1. The summed E-state index contributed by atoms with van der Waals surface area (Å²) in [6, 6.07) is -1.15. The van der Waals surface area contributed by atoms with E-state index in [-0.39, 0.29) is 11.9 Å². The fourth-order valence-corrected chi connectivity index (χ4v) is 3.77. The zero-order valence-electron chi connectivity index (χ0n) is 13.3. The van der Waals surface area contributed by atoms with Gasteiger partial charge >= 0.3 is 5.97 Å². The van der Waals surface area contributed by atoms with Crippen LogP contribution in [0.15, 0.2) is 0 Å². The number of rotatable bonds is 8. The van der Waals surface area contributed by atoms with Crippen LogP contribution < -0.4 is 11.1 Å². The highest BCUT2D eigenvalue weighted by molar-refractivity contribution is 8.00. The summed E-state index contributed by atoms with van der Waals surface area (Å²) >= 11 is 1.86. The van der Waals surface area contributed by atoms with E-state index in [4.69, 9.17) is 10.5 Å². The van der Waals surface area contributed by atoms with Gasteiger partial charge in [0.1, 0.15) is 6.04 Å². The molecule has 0 bridgehead atoms. The van der Waals surface area contributed by atoms with Crippen LogP contribution in [0.3, 0.4) is 0 Å². The summed E-state index contributed by atoms with van der Waals surface area (Å²) in [6.45, 7) is 6.13. The number of nitrogens with one attached hydrogen (secondary N) is 1. The van der Waals surface area contributed by atoms with Crippen molar-refractivity contribution in [3.8, 4) is 0 Å². The molecule has 0 aromatic heterocycles. The first-order chi connectivity index (χ1) is 9.93. The second-order valence-corrected chi connectivity index (χ2v) is 7.33. The molecule has 0 spiro atoms. The Morgan fingerprint density at radius 3 is 2.67 bits per heavy atom. The molecule has 1 heterocycles. The summed E-state index contributed by atoms with van der Waals surface area (Å²) in [5.41, 5.74) is 5.88. The van der Waals surface area contributed by atoms with Gasteiger partial charge in [-0.1, -0.05) is 13.8 Å². The molecule has 0 aromatic rings. The van der Waals surface area contributed by atoms with Crippen LogP contribution in [-0.2, 0) is 14.3 Å². The van der Waals surface area contributed by atoms with Gasteiger partial charge in [0.05, 0.1) is 12.6 Å². The molecule has 1 aliphatic heterocycles. The lowest BCUT2D eigenvalue weighted by Gasteiger charge is -2.22. The fourth-order valence-electron chi connectivity index (χ4n) is 2.44. The molecule has 21 heavy (non-hydrogen) atoms. The molecule has 0 aliphatic carbocycles. The first-order valence-electron chi connectivity index (χ1n) is 7.78. The van der Waals surface area contributed by atoms with Gasteiger partial charge < -0.3 is 15.8 Å². The molecule has 5 nitrogen and oxygen atoms in total. The molecule has 0 aromatic carbocycles. The third-order valence-electron chi connectivity index (χ3n) is 3.47. The average molecular weight is 316 g/mol. The molecule has 6 heteroatoms. The number of carbonyl (C=O) groups excluding carboxylic acids is 2. The lowest BCUT2D eigenvalue weighted by atomic mass is 10.0. The third-order valence-corrected chi connectivity index (χ3v) is 4.90. The topological polar surface area (TPSA) is 81.4 Å². The first-order valence-corrected chi connectivity index (χ1v) is 8.83. The van der Waals surface area contributed by atoms with Crippen LogP contribution in [0.2, 0.25) is 0 Å². The highest BCUT2D eigenvalue weighted by Gasteiger charge is 2.29. The van der Waals surface area contributed by atoms with Gasteiger partial charge in [-0.2, -0.15) is 11.8 Å². The smallest absolute Gasteiger partial charge is 0.328 e.